The molecule has 7 aromatic rings. The monoisotopic (exact) mass is 603 g/mol. The van der Waals surface area contributed by atoms with Crippen molar-refractivity contribution in [2.75, 3.05) is 0 Å². The third kappa shape index (κ3) is 3.68. The molecule has 1 radical (unpaired) electrons. The van der Waals surface area contributed by atoms with E-state index in [2.05, 4.69) is 47.2 Å². The smallest absolute Gasteiger partial charge is 0.134 e. The van der Waals surface area contributed by atoms with E-state index in [0.29, 0.717) is 0 Å². The molecule has 0 aliphatic heterocycles. The summed E-state index contributed by atoms with van der Waals surface area (Å²) in [4.78, 5) is 8.80. The van der Waals surface area contributed by atoms with Gasteiger partial charge in [0, 0.05) is 48.8 Å². The maximum absolute atomic E-state index is 5.96. The van der Waals surface area contributed by atoms with Crippen LogP contribution in [-0.2, 0) is 20.1 Å². The summed E-state index contributed by atoms with van der Waals surface area (Å²) in [5.41, 5.74) is 5.95. The topological polar surface area (TPSA) is 38.9 Å². The second-order valence-corrected chi connectivity index (χ2v) is 7.73. The van der Waals surface area contributed by atoms with Crippen molar-refractivity contribution in [2.24, 2.45) is 0 Å². The van der Waals surface area contributed by atoms with E-state index in [9.17, 15) is 0 Å². The van der Waals surface area contributed by atoms with Crippen LogP contribution in [0.2, 0.25) is 0 Å². The molecule has 0 N–H and O–H groups in total. The first-order valence-electron chi connectivity index (χ1n) is 10.5. The van der Waals surface area contributed by atoms with Gasteiger partial charge in [-0.15, -0.1) is 65.0 Å². The van der Waals surface area contributed by atoms with Gasteiger partial charge in [-0.2, -0.15) is 0 Å². The van der Waals surface area contributed by atoms with Crippen LogP contribution in [0, 0.1) is 19.1 Å². The van der Waals surface area contributed by atoms with E-state index in [4.69, 9.17) is 4.42 Å². The predicted octanol–water partition coefficient (Wildman–Crippen LogP) is 7.38. The molecule has 0 saturated heterocycles. The van der Waals surface area contributed by atoms with Crippen molar-refractivity contribution < 1.29 is 24.5 Å². The summed E-state index contributed by atoms with van der Waals surface area (Å²) in [5, 5.41) is 5.78. The average molecular weight is 603 g/mol. The largest absolute Gasteiger partial charge is 0.457 e. The molecule has 0 atom stereocenters. The van der Waals surface area contributed by atoms with Crippen molar-refractivity contribution in [1.29, 1.82) is 0 Å². The Hall–Kier alpha value is -3.59. The zero-order valence-corrected chi connectivity index (χ0v) is 20.2. The third-order valence-electron chi connectivity index (χ3n) is 5.68. The number of hydrogen-bond acceptors (Lipinski definition) is 3. The van der Waals surface area contributed by atoms with Crippen LogP contribution >= 0.6 is 0 Å². The minimum atomic E-state index is 0. The van der Waals surface area contributed by atoms with Crippen molar-refractivity contribution in [2.45, 2.75) is 6.92 Å². The molecule has 0 saturated carbocycles. The van der Waals surface area contributed by atoms with E-state index in [-0.39, 0.29) is 20.1 Å². The van der Waals surface area contributed by atoms with Crippen molar-refractivity contribution in [3.63, 3.8) is 0 Å². The Morgan fingerprint density at radius 2 is 1.61 bits per heavy atom. The fraction of sp³-hybridized carbons (Fsp3) is 0.0345. The molecule has 3 nitrogen and oxygen atoms in total. The van der Waals surface area contributed by atoms with Crippen LogP contribution in [0.15, 0.2) is 95.7 Å². The van der Waals surface area contributed by atoms with E-state index in [0.717, 1.165) is 44.3 Å². The van der Waals surface area contributed by atoms with Gasteiger partial charge in [-0.05, 0) is 29.3 Å². The number of rotatable bonds is 1. The van der Waals surface area contributed by atoms with Crippen LogP contribution in [0.4, 0.5) is 0 Å². The van der Waals surface area contributed by atoms with Gasteiger partial charge in [-0.3, -0.25) is 0 Å². The molecule has 7 rings (SSSR count). The Balaban J connectivity index is 0.000000152. The number of furan rings is 1. The van der Waals surface area contributed by atoms with E-state index in [1.54, 1.807) is 6.20 Å². The van der Waals surface area contributed by atoms with E-state index in [1.807, 2.05) is 66.9 Å². The molecule has 0 amide bonds. The van der Waals surface area contributed by atoms with Gasteiger partial charge in [0.15, 0.2) is 0 Å². The summed E-state index contributed by atoms with van der Waals surface area (Å²) in [6.45, 7) is 2.06. The number of fused-ring (bicyclic) bond motifs is 3. The number of benzene rings is 4. The van der Waals surface area contributed by atoms with Crippen molar-refractivity contribution in [3.05, 3.63) is 109 Å². The maximum Gasteiger partial charge on any atom is 0.134 e. The molecule has 0 aliphatic carbocycles. The molecule has 0 fully saturated rings. The Kier molecular flexibility index (Phi) is 5.63. The van der Waals surface area contributed by atoms with Crippen molar-refractivity contribution in [1.82, 2.24) is 9.97 Å². The van der Waals surface area contributed by atoms with Crippen molar-refractivity contribution >= 4 is 43.6 Å². The number of aryl methyl sites for hydroxylation is 1. The summed E-state index contributed by atoms with van der Waals surface area (Å²) in [5.74, 6) is 0. The molecule has 161 valence electrons. The molecule has 4 aromatic carbocycles. The SMILES string of the molecule is Cc1[c-]c2c(cc1)c1cccc3oc4ccnc2c4c31.[Ir].[c-]1ccccc1-c1ccccn1. The molecular weight excluding hydrogens is 585 g/mol. The summed E-state index contributed by atoms with van der Waals surface area (Å²) < 4.78 is 5.96. The molecule has 3 heterocycles. The van der Waals surface area contributed by atoms with Gasteiger partial charge in [0.25, 0.3) is 0 Å². The van der Waals surface area contributed by atoms with Crippen molar-refractivity contribution in [3.8, 4) is 11.3 Å². The van der Waals surface area contributed by atoms with E-state index >= 15 is 0 Å². The van der Waals surface area contributed by atoms with Crippen LogP contribution in [0.1, 0.15) is 5.56 Å². The Morgan fingerprint density at radius 1 is 0.727 bits per heavy atom. The van der Waals surface area contributed by atoms with Crippen LogP contribution < -0.4 is 0 Å². The maximum atomic E-state index is 5.96. The van der Waals surface area contributed by atoms with E-state index in [1.165, 1.54) is 16.2 Å². The zero-order valence-electron chi connectivity index (χ0n) is 17.8. The minimum Gasteiger partial charge on any atom is -0.457 e. The van der Waals surface area contributed by atoms with Gasteiger partial charge in [-0.25, -0.2) is 0 Å². The predicted molar refractivity (Wildman–Crippen MR) is 130 cm³/mol. The fourth-order valence-corrected chi connectivity index (χ4v) is 4.26. The summed E-state index contributed by atoms with van der Waals surface area (Å²) >= 11 is 0. The molecule has 3 aromatic heterocycles. The molecule has 4 heteroatoms. The Bertz CT molecular complexity index is 1640. The second kappa shape index (κ2) is 8.74. The standard InChI is InChI=1S/C18H10NO.C11H8N.Ir/c1-10-5-6-11-12-3-2-4-14-16(12)17-15(20-14)7-8-19-18(17)13(11)9-10;1-2-6-10(7-3-1)11-8-4-5-9-12-11;/h2-8H,1H3;1-6,8-9H;/q2*-1;. The number of nitrogens with zero attached hydrogens (tertiary/aromatic N) is 2. The van der Waals surface area contributed by atoms with E-state index < -0.39 is 0 Å². The first-order chi connectivity index (χ1) is 15.8. The Morgan fingerprint density at radius 3 is 2.42 bits per heavy atom. The van der Waals surface area contributed by atoms with Gasteiger partial charge >= 0.3 is 0 Å². The van der Waals surface area contributed by atoms with Crippen LogP contribution in [0.5, 0.6) is 0 Å². The molecule has 33 heavy (non-hydrogen) atoms. The van der Waals surface area contributed by atoms with Crippen LogP contribution in [-0.4, -0.2) is 9.97 Å². The van der Waals surface area contributed by atoms with Gasteiger partial charge in [0.1, 0.15) is 11.2 Å². The first-order valence-corrected chi connectivity index (χ1v) is 10.5. The van der Waals surface area contributed by atoms with Gasteiger partial charge in [-0.1, -0.05) is 36.6 Å². The molecule has 0 unspecified atom stereocenters. The fourth-order valence-electron chi connectivity index (χ4n) is 4.26. The number of hydrogen-bond donors (Lipinski definition) is 0. The zero-order chi connectivity index (χ0) is 21.5. The summed E-state index contributed by atoms with van der Waals surface area (Å²) in [6, 6.07) is 32.7. The summed E-state index contributed by atoms with van der Waals surface area (Å²) in [7, 11) is 0. The molecule has 0 bridgehead atoms. The number of pyridine rings is 2. The molecular formula is C29H18IrN2O-2. The van der Waals surface area contributed by atoms with Gasteiger partial charge < -0.3 is 14.4 Å². The van der Waals surface area contributed by atoms with Crippen LogP contribution in [0.3, 0.4) is 0 Å². The normalized spacial score (nSPS) is 10.9. The number of aromatic nitrogens is 2. The Labute approximate surface area is 204 Å². The van der Waals surface area contributed by atoms with Gasteiger partial charge in [0.05, 0.1) is 0 Å². The van der Waals surface area contributed by atoms with Gasteiger partial charge in [0.2, 0.25) is 0 Å². The average Bonchev–Trinajstić information content (AvgIpc) is 3.24. The third-order valence-corrected chi connectivity index (χ3v) is 5.68. The van der Waals surface area contributed by atoms with Crippen LogP contribution in [0.25, 0.3) is 54.9 Å². The molecule has 0 aliphatic rings. The minimum absolute atomic E-state index is 0. The quantitative estimate of drug-likeness (QED) is 0.145. The molecule has 0 spiro atoms. The second-order valence-electron chi connectivity index (χ2n) is 7.73. The first kappa shape index (κ1) is 21.3. The summed E-state index contributed by atoms with van der Waals surface area (Å²) in [6.07, 6.45) is 3.60.